The summed E-state index contributed by atoms with van der Waals surface area (Å²) < 4.78 is 5.23. The third-order valence-electron chi connectivity index (χ3n) is 5.14. The second kappa shape index (κ2) is 9.98. The minimum atomic E-state index is -0.360. The van der Waals surface area contributed by atoms with E-state index in [2.05, 4.69) is 10.3 Å². The number of ether oxygens (including phenoxy) is 1. The zero-order valence-electron chi connectivity index (χ0n) is 17.8. The molecule has 0 saturated heterocycles. The fraction of sp³-hybridized carbons (Fsp3) is 0.120. The Morgan fingerprint density at radius 1 is 0.970 bits per heavy atom. The van der Waals surface area contributed by atoms with E-state index in [-0.39, 0.29) is 24.7 Å². The minimum absolute atomic E-state index is 0.104. The van der Waals surface area contributed by atoms with Gasteiger partial charge in [-0.05, 0) is 59.5 Å². The lowest BCUT2D eigenvalue weighted by Crippen LogP contribution is -2.35. The Hall–Kier alpha value is -3.48. The van der Waals surface area contributed by atoms with Crippen LogP contribution in [0.2, 0.25) is 10.0 Å². The smallest absolute Gasteiger partial charge is 0.322 e. The van der Waals surface area contributed by atoms with Crippen LogP contribution in [0.15, 0.2) is 77.6 Å². The Bertz CT molecular complexity index is 1350. The molecule has 0 aliphatic rings. The summed E-state index contributed by atoms with van der Waals surface area (Å²) in [4.78, 5) is 30.4. The number of carbonyl (C=O) groups is 1. The zero-order valence-corrected chi connectivity index (χ0v) is 19.3. The van der Waals surface area contributed by atoms with Gasteiger partial charge in [-0.15, -0.1) is 0 Å². The van der Waals surface area contributed by atoms with Crippen molar-refractivity contribution in [1.29, 1.82) is 0 Å². The second-order valence-corrected chi connectivity index (χ2v) is 8.37. The summed E-state index contributed by atoms with van der Waals surface area (Å²) in [5, 5.41) is 4.81. The number of pyridine rings is 1. The number of amides is 2. The predicted octanol–water partition coefficient (Wildman–Crippen LogP) is 6.08. The molecule has 0 radical (unpaired) electrons. The molecule has 4 rings (SSSR count). The highest BCUT2D eigenvalue weighted by molar-refractivity contribution is 6.31. The largest absolute Gasteiger partial charge is 0.497 e. The highest BCUT2D eigenvalue weighted by Crippen LogP contribution is 2.21. The number of hydrogen-bond donors (Lipinski definition) is 2. The van der Waals surface area contributed by atoms with Crippen molar-refractivity contribution >= 4 is 45.8 Å². The van der Waals surface area contributed by atoms with Crippen LogP contribution in [0.1, 0.15) is 11.1 Å². The summed E-state index contributed by atoms with van der Waals surface area (Å²) in [5.41, 5.74) is 2.29. The molecule has 1 heterocycles. The van der Waals surface area contributed by atoms with Crippen molar-refractivity contribution in [2.45, 2.75) is 13.1 Å². The first kappa shape index (κ1) is 22.7. The number of methoxy groups -OCH3 is 1. The number of hydrogen-bond acceptors (Lipinski definition) is 3. The molecule has 168 valence electrons. The van der Waals surface area contributed by atoms with E-state index < -0.39 is 0 Å². The molecule has 4 aromatic rings. The fourth-order valence-electron chi connectivity index (χ4n) is 3.45. The third-order valence-corrected chi connectivity index (χ3v) is 5.63. The number of nitrogens with one attached hydrogen (secondary N) is 2. The molecule has 0 saturated carbocycles. The van der Waals surface area contributed by atoms with Gasteiger partial charge in [0.2, 0.25) is 0 Å². The highest BCUT2D eigenvalue weighted by Gasteiger charge is 2.17. The first-order chi connectivity index (χ1) is 15.9. The highest BCUT2D eigenvalue weighted by atomic mass is 35.5. The van der Waals surface area contributed by atoms with E-state index in [9.17, 15) is 9.59 Å². The predicted molar refractivity (Wildman–Crippen MR) is 132 cm³/mol. The summed E-state index contributed by atoms with van der Waals surface area (Å²) >= 11 is 12.0. The Labute approximate surface area is 200 Å². The molecule has 0 fully saturated rings. The zero-order chi connectivity index (χ0) is 23.4. The van der Waals surface area contributed by atoms with Crippen LogP contribution in [-0.4, -0.2) is 23.0 Å². The Balaban J connectivity index is 1.64. The SMILES string of the molecule is COc1ccc2cc(CN(Cc3ccc(Cl)cc3)C(=O)Nc3cccc(Cl)c3)c(=O)[nH]c2c1. The maximum atomic E-state index is 13.2. The van der Waals surface area contributed by atoms with Crippen molar-refractivity contribution in [2.75, 3.05) is 12.4 Å². The molecule has 0 aliphatic heterocycles. The summed E-state index contributed by atoms with van der Waals surface area (Å²) in [6, 6.07) is 21.0. The summed E-state index contributed by atoms with van der Waals surface area (Å²) in [7, 11) is 1.57. The van der Waals surface area contributed by atoms with Gasteiger partial charge >= 0.3 is 6.03 Å². The van der Waals surface area contributed by atoms with Crippen molar-refractivity contribution in [3.05, 3.63) is 104 Å². The Morgan fingerprint density at radius 3 is 2.48 bits per heavy atom. The number of halogens is 2. The van der Waals surface area contributed by atoms with E-state index in [4.69, 9.17) is 27.9 Å². The standard InChI is InChI=1S/C25H21Cl2N3O3/c1-33-22-10-7-17-11-18(24(31)29-23(17)13-22)15-30(14-16-5-8-19(26)9-6-16)25(32)28-21-4-2-3-20(27)12-21/h2-13H,14-15H2,1H3,(H,28,32)(H,29,31). The van der Waals surface area contributed by atoms with E-state index in [0.29, 0.717) is 32.6 Å². The van der Waals surface area contributed by atoms with Crippen molar-refractivity contribution in [1.82, 2.24) is 9.88 Å². The van der Waals surface area contributed by atoms with Crippen molar-refractivity contribution in [3.63, 3.8) is 0 Å². The average molecular weight is 482 g/mol. The lowest BCUT2D eigenvalue weighted by Gasteiger charge is -2.23. The average Bonchev–Trinajstić information content (AvgIpc) is 2.80. The van der Waals surface area contributed by atoms with Crippen LogP contribution in [-0.2, 0) is 13.1 Å². The Kier molecular flexibility index (Phi) is 6.87. The quantitative estimate of drug-likeness (QED) is 0.350. The Morgan fingerprint density at radius 2 is 1.76 bits per heavy atom. The monoisotopic (exact) mass is 481 g/mol. The summed E-state index contributed by atoms with van der Waals surface area (Å²) in [6.07, 6.45) is 0. The van der Waals surface area contributed by atoms with Crippen LogP contribution in [0.4, 0.5) is 10.5 Å². The number of rotatable bonds is 6. The van der Waals surface area contributed by atoms with Crippen LogP contribution < -0.4 is 15.6 Å². The van der Waals surface area contributed by atoms with Gasteiger partial charge in [-0.25, -0.2) is 4.79 Å². The lowest BCUT2D eigenvalue weighted by molar-refractivity contribution is 0.206. The molecule has 2 N–H and O–H groups in total. The van der Waals surface area contributed by atoms with E-state index in [1.54, 1.807) is 60.5 Å². The maximum Gasteiger partial charge on any atom is 0.322 e. The minimum Gasteiger partial charge on any atom is -0.497 e. The molecule has 1 aromatic heterocycles. The molecule has 0 aliphatic carbocycles. The van der Waals surface area contributed by atoms with Gasteiger partial charge in [-0.2, -0.15) is 0 Å². The van der Waals surface area contributed by atoms with Crippen LogP contribution in [0.3, 0.4) is 0 Å². The van der Waals surface area contributed by atoms with Gasteiger partial charge < -0.3 is 19.9 Å². The number of H-pyrrole nitrogens is 1. The van der Waals surface area contributed by atoms with Crippen molar-refractivity contribution < 1.29 is 9.53 Å². The first-order valence-electron chi connectivity index (χ1n) is 10.2. The van der Waals surface area contributed by atoms with Gasteiger partial charge in [-0.1, -0.05) is 41.4 Å². The van der Waals surface area contributed by atoms with Crippen LogP contribution in [0.5, 0.6) is 5.75 Å². The first-order valence-corrected chi connectivity index (χ1v) is 10.9. The molecule has 0 atom stereocenters. The normalized spacial score (nSPS) is 10.8. The molecular weight excluding hydrogens is 461 g/mol. The van der Waals surface area contributed by atoms with E-state index in [1.807, 2.05) is 24.3 Å². The summed E-state index contributed by atoms with van der Waals surface area (Å²) in [6.45, 7) is 0.385. The van der Waals surface area contributed by atoms with E-state index in [0.717, 1.165) is 10.9 Å². The topological polar surface area (TPSA) is 74.4 Å². The molecule has 6 nitrogen and oxygen atoms in total. The summed E-state index contributed by atoms with van der Waals surface area (Å²) in [5.74, 6) is 0.649. The van der Waals surface area contributed by atoms with Gasteiger partial charge in [0.1, 0.15) is 5.75 Å². The molecular formula is C25H21Cl2N3O3. The number of aromatic amines is 1. The van der Waals surface area contributed by atoms with Gasteiger partial charge in [-0.3, -0.25) is 4.79 Å². The molecule has 0 bridgehead atoms. The molecule has 2 amide bonds. The van der Waals surface area contributed by atoms with Crippen LogP contribution >= 0.6 is 23.2 Å². The molecule has 0 unspecified atom stereocenters. The van der Waals surface area contributed by atoms with Gasteiger partial charge in [0.15, 0.2) is 0 Å². The van der Waals surface area contributed by atoms with Gasteiger partial charge in [0.05, 0.1) is 19.2 Å². The van der Waals surface area contributed by atoms with Crippen molar-refractivity contribution in [3.8, 4) is 5.75 Å². The second-order valence-electron chi connectivity index (χ2n) is 7.50. The fourth-order valence-corrected chi connectivity index (χ4v) is 3.77. The number of carbonyl (C=O) groups excluding carboxylic acids is 1. The number of nitrogens with zero attached hydrogens (tertiary/aromatic N) is 1. The van der Waals surface area contributed by atoms with Gasteiger partial charge in [0, 0.05) is 33.9 Å². The van der Waals surface area contributed by atoms with Crippen LogP contribution in [0, 0.1) is 0 Å². The van der Waals surface area contributed by atoms with Gasteiger partial charge in [0.25, 0.3) is 5.56 Å². The van der Waals surface area contributed by atoms with E-state index >= 15 is 0 Å². The third kappa shape index (κ3) is 5.66. The number of fused-ring (bicyclic) bond motifs is 1. The lowest BCUT2D eigenvalue weighted by atomic mass is 10.1. The molecule has 33 heavy (non-hydrogen) atoms. The number of aromatic nitrogens is 1. The molecule has 8 heteroatoms. The van der Waals surface area contributed by atoms with Crippen molar-refractivity contribution in [2.24, 2.45) is 0 Å². The molecule has 3 aromatic carbocycles. The number of anilines is 1. The number of benzene rings is 3. The van der Waals surface area contributed by atoms with Crippen LogP contribution in [0.25, 0.3) is 10.9 Å². The number of urea groups is 1. The molecule has 0 spiro atoms. The van der Waals surface area contributed by atoms with E-state index in [1.165, 1.54) is 0 Å². The maximum absolute atomic E-state index is 13.2.